The Kier molecular flexibility index (Phi) is 6.32. The molecule has 0 radical (unpaired) electrons. The number of rotatable bonds is 5. The lowest BCUT2D eigenvalue weighted by Gasteiger charge is -2.16. The monoisotopic (exact) mass is 462 g/mol. The van der Waals surface area contributed by atoms with Gasteiger partial charge >= 0.3 is 5.97 Å². The van der Waals surface area contributed by atoms with Gasteiger partial charge in [0, 0.05) is 28.8 Å². The molecule has 1 heterocycles. The first-order valence-corrected chi connectivity index (χ1v) is 9.83. The number of carbonyl (C=O) groups is 3. The standard InChI is InChI=1S/C21H20BrFN2O4/c1-12-7-16(8-13(2)20(12)22)24-18(26)11-29-21(28)14-9-19(27)25(10-14)17-5-3-15(23)4-6-17/h3-8,14H,9-11H2,1-2H3,(H,24,26)/t14-/m1/s1. The van der Waals surface area contributed by atoms with Gasteiger partial charge in [-0.3, -0.25) is 14.4 Å². The average Bonchev–Trinajstić information content (AvgIpc) is 3.06. The molecule has 29 heavy (non-hydrogen) atoms. The summed E-state index contributed by atoms with van der Waals surface area (Å²) in [5.74, 6) is -2.39. The van der Waals surface area contributed by atoms with Crippen LogP contribution in [0.3, 0.4) is 0 Å². The highest BCUT2D eigenvalue weighted by atomic mass is 79.9. The molecule has 2 aromatic rings. The maximum absolute atomic E-state index is 13.1. The highest BCUT2D eigenvalue weighted by molar-refractivity contribution is 9.10. The van der Waals surface area contributed by atoms with Crippen molar-refractivity contribution in [1.29, 1.82) is 0 Å². The summed E-state index contributed by atoms with van der Waals surface area (Å²) in [4.78, 5) is 38.0. The molecule has 2 amide bonds. The fourth-order valence-electron chi connectivity index (χ4n) is 3.21. The fraction of sp³-hybridized carbons (Fsp3) is 0.286. The molecule has 1 atom stereocenters. The summed E-state index contributed by atoms with van der Waals surface area (Å²) < 4.78 is 19.1. The van der Waals surface area contributed by atoms with E-state index < -0.39 is 30.2 Å². The van der Waals surface area contributed by atoms with E-state index in [0.717, 1.165) is 15.6 Å². The Hall–Kier alpha value is -2.74. The maximum atomic E-state index is 13.1. The van der Waals surface area contributed by atoms with Gasteiger partial charge in [0.1, 0.15) is 5.82 Å². The van der Waals surface area contributed by atoms with Crippen LogP contribution in [0.1, 0.15) is 17.5 Å². The molecule has 8 heteroatoms. The molecular weight excluding hydrogens is 443 g/mol. The van der Waals surface area contributed by atoms with Crippen LogP contribution in [-0.4, -0.2) is 30.9 Å². The molecule has 0 spiro atoms. The Morgan fingerprint density at radius 1 is 1.21 bits per heavy atom. The number of hydrogen-bond donors (Lipinski definition) is 1. The second-order valence-corrected chi connectivity index (χ2v) is 7.75. The molecule has 6 nitrogen and oxygen atoms in total. The van der Waals surface area contributed by atoms with Crippen molar-refractivity contribution in [3.63, 3.8) is 0 Å². The van der Waals surface area contributed by atoms with Crippen LogP contribution in [0.5, 0.6) is 0 Å². The summed E-state index contributed by atoms with van der Waals surface area (Å²) in [6, 6.07) is 9.10. The Morgan fingerprint density at radius 2 is 1.83 bits per heavy atom. The summed E-state index contributed by atoms with van der Waals surface area (Å²) in [7, 11) is 0. The van der Waals surface area contributed by atoms with E-state index in [1.807, 2.05) is 26.0 Å². The van der Waals surface area contributed by atoms with Crippen molar-refractivity contribution < 1.29 is 23.5 Å². The third kappa shape index (κ3) is 5.00. The van der Waals surface area contributed by atoms with Gasteiger partial charge in [-0.15, -0.1) is 0 Å². The summed E-state index contributed by atoms with van der Waals surface area (Å²) in [5, 5.41) is 2.70. The molecule has 3 rings (SSSR count). The molecule has 152 valence electrons. The van der Waals surface area contributed by atoms with Crippen molar-refractivity contribution in [2.45, 2.75) is 20.3 Å². The number of aryl methyl sites for hydroxylation is 2. The van der Waals surface area contributed by atoms with Gasteiger partial charge in [0.15, 0.2) is 6.61 Å². The Bertz CT molecular complexity index is 939. The summed E-state index contributed by atoms with van der Waals surface area (Å²) in [5.41, 5.74) is 3.08. The lowest BCUT2D eigenvalue weighted by atomic mass is 10.1. The predicted octanol–water partition coefficient (Wildman–Crippen LogP) is 3.74. The molecule has 1 aliphatic heterocycles. The van der Waals surface area contributed by atoms with Crippen molar-refractivity contribution in [3.8, 4) is 0 Å². The highest BCUT2D eigenvalue weighted by Gasteiger charge is 2.36. The second kappa shape index (κ2) is 8.73. The van der Waals surface area contributed by atoms with E-state index >= 15 is 0 Å². The summed E-state index contributed by atoms with van der Waals surface area (Å²) >= 11 is 3.46. The van der Waals surface area contributed by atoms with E-state index in [0.29, 0.717) is 11.4 Å². The normalized spacial score (nSPS) is 16.1. The number of anilines is 2. The third-order valence-electron chi connectivity index (χ3n) is 4.66. The van der Waals surface area contributed by atoms with Crippen LogP contribution in [0.4, 0.5) is 15.8 Å². The first kappa shape index (κ1) is 21.0. The average molecular weight is 463 g/mol. The van der Waals surface area contributed by atoms with Crippen molar-refractivity contribution in [1.82, 2.24) is 0 Å². The van der Waals surface area contributed by atoms with Gasteiger partial charge < -0.3 is 15.0 Å². The lowest BCUT2D eigenvalue weighted by Crippen LogP contribution is -2.28. The topological polar surface area (TPSA) is 75.7 Å². The first-order valence-electron chi connectivity index (χ1n) is 9.03. The van der Waals surface area contributed by atoms with Crippen molar-refractivity contribution in [2.24, 2.45) is 5.92 Å². The third-order valence-corrected chi connectivity index (χ3v) is 5.91. The molecular formula is C21H20BrFN2O4. The number of nitrogens with one attached hydrogen (secondary N) is 1. The van der Waals surface area contributed by atoms with E-state index in [-0.39, 0.29) is 18.9 Å². The van der Waals surface area contributed by atoms with Crippen LogP contribution in [0.15, 0.2) is 40.9 Å². The molecule has 0 saturated carbocycles. The van der Waals surface area contributed by atoms with Gasteiger partial charge in [0.25, 0.3) is 5.91 Å². The fourth-order valence-corrected chi connectivity index (χ4v) is 3.43. The minimum Gasteiger partial charge on any atom is -0.455 e. The van der Waals surface area contributed by atoms with Gasteiger partial charge in [-0.1, -0.05) is 15.9 Å². The molecule has 1 fully saturated rings. The minimum absolute atomic E-state index is 0.0110. The van der Waals surface area contributed by atoms with Gasteiger partial charge in [0.05, 0.1) is 5.92 Å². The smallest absolute Gasteiger partial charge is 0.311 e. The van der Waals surface area contributed by atoms with Gasteiger partial charge in [-0.2, -0.15) is 0 Å². The van der Waals surface area contributed by atoms with Crippen LogP contribution in [0.25, 0.3) is 0 Å². The number of ether oxygens (including phenoxy) is 1. The molecule has 0 bridgehead atoms. The highest BCUT2D eigenvalue weighted by Crippen LogP contribution is 2.27. The van der Waals surface area contributed by atoms with Crippen LogP contribution in [-0.2, 0) is 19.1 Å². The van der Waals surface area contributed by atoms with E-state index in [1.54, 1.807) is 0 Å². The van der Waals surface area contributed by atoms with Crippen molar-refractivity contribution >= 4 is 45.1 Å². The number of hydrogen-bond acceptors (Lipinski definition) is 4. The Balaban J connectivity index is 1.53. The zero-order valence-corrected chi connectivity index (χ0v) is 17.6. The molecule has 0 aliphatic carbocycles. The summed E-state index contributed by atoms with van der Waals surface area (Å²) in [6.45, 7) is 3.53. The molecule has 0 aromatic heterocycles. The Morgan fingerprint density at radius 3 is 2.45 bits per heavy atom. The predicted molar refractivity (Wildman–Crippen MR) is 110 cm³/mol. The molecule has 1 aliphatic rings. The van der Waals surface area contributed by atoms with Gasteiger partial charge in [-0.05, 0) is 61.4 Å². The SMILES string of the molecule is Cc1cc(NC(=O)COC(=O)[C@@H]2CC(=O)N(c3ccc(F)cc3)C2)cc(C)c1Br. The quantitative estimate of drug-likeness (QED) is 0.686. The van der Waals surface area contributed by atoms with E-state index in [9.17, 15) is 18.8 Å². The first-order chi connectivity index (χ1) is 13.7. The zero-order chi connectivity index (χ0) is 21.1. The molecule has 0 unspecified atom stereocenters. The lowest BCUT2D eigenvalue weighted by molar-refractivity contribution is -0.151. The number of esters is 1. The largest absolute Gasteiger partial charge is 0.455 e. The van der Waals surface area contributed by atoms with Crippen LogP contribution in [0, 0.1) is 25.6 Å². The van der Waals surface area contributed by atoms with E-state index in [2.05, 4.69) is 21.2 Å². The van der Waals surface area contributed by atoms with Crippen LogP contribution in [0.2, 0.25) is 0 Å². The molecule has 1 saturated heterocycles. The van der Waals surface area contributed by atoms with Crippen molar-refractivity contribution in [3.05, 3.63) is 57.8 Å². The number of carbonyl (C=O) groups excluding carboxylic acids is 3. The molecule has 2 aromatic carbocycles. The maximum Gasteiger partial charge on any atom is 0.311 e. The van der Waals surface area contributed by atoms with E-state index in [4.69, 9.17) is 4.74 Å². The van der Waals surface area contributed by atoms with E-state index in [1.165, 1.54) is 29.2 Å². The van der Waals surface area contributed by atoms with Crippen molar-refractivity contribution in [2.75, 3.05) is 23.4 Å². The number of benzene rings is 2. The second-order valence-electron chi connectivity index (χ2n) is 6.96. The number of amides is 2. The summed E-state index contributed by atoms with van der Waals surface area (Å²) in [6.07, 6.45) is -0.0110. The molecule has 1 N–H and O–H groups in total. The van der Waals surface area contributed by atoms with Gasteiger partial charge in [-0.25, -0.2) is 4.39 Å². The van der Waals surface area contributed by atoms with Crippen LogP contribution < -0.4 is 10.2 Å². The number of halogens is 2. The number of nitrogens with zero attached hydrogens (tertiary/aromatic N) is 1. The van der Waals surface area contributed by atoms with Crippen LogP contribution >= 0.6 is 15.9 Å². The minimum atomic E-state index is -0.669. The zero-order valence-electron chi connectivity index (χ0n) is 16.0. The Labute approximate surface area is 176 Å². The van der Waals surface area contributed by atoms with Gasteiger partial charge in [0.2, 0.25) is 5.91 Å².